The minimum atomic E-state index is -0.159. The van der Waals surface area contributed by atoms with Crippen molar-refractivity contribution in [3.63, 3.8) is 0 Å². The van der Waals surface area contributed by atoms with Crippen molar-refractivity contribution in [2.24, 2.45) is 0 Å². The summed E-state index contributed by atoms with van der Waals surface area (Å²) in [4.78, 5) is 11.6. The number of halogens is 1. The first-order valence-electron chi connectivity index (χ1n) is 5.76. The summed E-state index contributed by atoms with van der Waals surface area (Å²) in [6.07, 6.45) is 8.18. The highest BCUT2D eigenvalue weighted by Crippen LogP contribution is 2.16. The number of nitrogens with one attached hydrogen (secondary N) is 1. The summed E-state index contributed by atoms with van der Waals surface area (Å²) in [6.45, 7) is 0.694. The van der Waals surface area contributed by atoms with Crippen LogP contribution in [0, 0.1) is 0 Å². The topological polar surface area (TPSA) is 42.2 Å². The van der Waals surface area contributed by atoms with Crippen LogP contribution < -0.4 is 5.32 Å². The molecule has 0 atom stereocenters. The number of unbranched alkanes of at least 4 members (excludes halogenated alkanes) is 3. The van der Waals surface area contributed by atoms with Crippen LogP contribution in [-0.4, -0.2) is 24.5 Å². The van der Waals surface area contributed by atoms with E-state index in [-0.39, 0.29) is 11.1 Å². The first kappa shape index (κ1) is 14.5. The standard InChI is InChI=1S/C12H18ClNO2S/c1-17-9-5-3-2-4-7-14-12(15)10-6-8-16-11(10)13/h6,8H,2-5,7,9H2,1H3,(H,14,15). The second-order valence-corrected chi connectivity index (χ2v) is 5.10. The monoisotopic (exact) mass is 275 g/mol. The van der Waals surface area contributed by atoms with Crippen molar-refractivity contribution in [2.75, 3.05) is 18.6 Å². The fraction of sp³-hybridized carbons (Fsp3) is 0.583. The van der Waals surface area contributed by atoms with Gasteiger partial charge >= 0.3 is 0 Å². The molecule has 3 nitrogen and oxygen atoms in total. The van der Waals surface area contributed by atoms with Crippen LogP contribution in [0.5, 0.6) is 0 Å². The van der Waals surface area contributed by atoms with E-state index in [2.05, 4.69) is 11.6 Å². The van der Waals surface area contributed by atoms with Crippen LogP contribution in [-0.2, 0) is 0 Å². The van der Waals surface area contributed by atoms with Crippen molar-refractivity contribution >= 4 is 29.3 Å². The van der Waals surface area contributed by atoms with Gasteiger partial charge in [-0.25, -0.2) is 0 Å². The quantitative estimate of drug-likeness (QED) is 0.737. The van der Waals surface area contributed by atoms with E-state index in [1.165, 1.54) is 24.9 Å². The van der Waals surface area contributed by atoms with E-state index in [9.17, 15) is 4.79 Å². The summed E-state index contributed by atoms with van der Waals surface area (Å²) in [5.41, 5.74) is 0.411. The molecule has 0 radical (unpaired) electrons. The van der Waals surface area contributed by atoms with Gasteiger partial charge in [-0.3, -0.25) is 4.79 Å². The van der Waals surface area contributed by atoms with Crippen LogP contribution in [0.2, 0.25) is 5.22 Å². The third-order valence-corrected chi connectivity index (χ3v) is 3.41. The molecule has 1 rings (SSSR count). The Morgan fingerprint density at radius 3 is 2.82 bits per heavy atom. The highest BCUT2D eigenvalue weighted by Gasteiger charge is 2.11. The predicted octanol–water partition coefficient (Wildman–Crippen LogP) is 3.59. The smallest absolute Gasteiger partial charge is 0.256 e. The van der Waals surface area contributed by atoms with Crippen molar-refractivity contribution in [1.82, 2.24) is 5.32 Å². The Kier molecular flexibility index (Phi) is 7.21. The molecule has 0 bridgehead atoms. The second kappa shape index (κ2) is 8.48. The van der Waals surface area contributed by atoms with Gasteiger partial charge < -0.3 is 9.73 Å². The van der Waals surface area contributed by atoms with Gasteiger partial charge in [0.25, 0.3) is 5.91 Å². The zero-order valence-electron chi connectivity index (χ0n) is 10.0. The highest BCUT2D eigenvalue weighted by atomic mass is 35.5. The Morgan fingerprint density at radius 1 is 1.41 bits per heavy atom. The predicted molar refractivity (Wildman–Crippen MR) is 72.9 cm³/mol. The van der Waals surface area contributed by atoms with E-state index >= 15 is 0 Å². The van der Waals surface area contributed by atoms with Gasteiger partial charge in [-0.2, -0.15) is 11.8 Å². The first-order chi connectivity index (χ1) is 8.25. The molecule has 1 amide bonds. The van der Waals surface area contributed by atoms with Crippen molar-refractivity contribution in [3.05, 3.63) is 23.1 Å². The number of hydrogen-bond acceptors (Lipinski definition) is 3. The van der Waals surface area contributed by atoms with Crippen LogP contribution in [0.3, 0.4) is 0 Å². The Morgan fingerprint density at radius 2 is 2.18 bits per heavy atom. The number of amides is 1. The van der Waals surface area contributed by atoms with Gasteiger partial charge in [0.2, 0.25) is 5.22 Å². The average molecular weight is 276 g/mol. The van der Waals surface area contributed by atoms with Crippen LogP contribution in [0.4, 0.5) is 0 Å². The maximum absolute atomic E-state index is 11.6. The van der Waals surface area contributed by atoms with Crippen molar-refractivity contribution in [2.45, 2.75) is 25.7 Å². The molecule has 0 saturated carbocycles. The molecule has 1 N–H and O–H groups in total. The Labute approximate surface area is 111 Å². The fourth-order valence-electron chi connectivity index (χ4n) is 1.48. The largest absolute Gasteiger partial charge is 0.452 e. The van der Waals surface area contributed by atoms with Crippen LogP contribution in [0.1, 0.15) is 36.0 Å². The third-order valence-electron chi connectivity index (χ3n) is 2.42. The molecule has 0 fully saturated rings. The number of carbonyl (C=O) groups excluding carboxylic acids is 1. The normalized spacial score (nSPS) is 10.5. The molecule has 1 aromatic rings. The fourth-order valence-corrected chi connectivity index (χ4v) is 2.17. The summed E-state index contributed by atoms with van der Waals surface area (Å²) < 4.78 is 4.86. The van der Waals surface area contributed by atoms with Gasteiger partial charge in [0.15, 0.2) is 0 Å². The summed E-state index contributed by atoms with van der Waals surface area (Å²) >= 11 is 7.58. The lowest BCUT2D eigenvalue weighted by Crippen LogP contribution is -2.24. The zero-order valence-corrected chi connectivity index (χ0v) is 11.6. The number of furan rings is 1. The molecule has 96 valence electrons. The number of rotatable bonds is 8. The molecule has 0 spiro atoms. The van der Waals surface area contributed by atoms with Crippen LogP contribution >= 0.6 is 23.4 Å². The van der Waals surface area contributed by atoms with Crippen molar-refractivity contribution in [3.8, 4) is 0 Å². The van der Waals surface area contributed by atoms with E-state index in [1.807, 2.05) is 11.8 Å². The number of thioether (sulfide) groups is 1. The average Bonchev–Trinajstić information content (AvgIpc) is 2.74. The van der Waals surface area contributed by atoms with E-state index < -0.39 is 0 Å². The van der Waals surface area contributed by atoms with Gasteiger partial charge in [0.1, 0.15) is 0 Å². The first-order valence-corrected chi connectivity index (χ1v) is 7.53. The van der Waals surface area contributed by atoms with Crippen molar-refractivity contribution in [1.29, 1.82) is 0 Å². The molecule has 0 aromatic carbocycles. The molecule has 0 aliphatic heterocycles. The van der Waals surface area contributed by atoms with Crippen molar-refractivity contribution < 1.29 is 9.21 Å². The molecule has 0 aliphatic carbocycles. The molecule has 1 aromatic heterocycles. The Bertz CT molecular complexity index is 341. The SMILES string of the molecule is CSCCCCCCNC(=O)c1ccoc1Cl. The lowest BCUT2D eigenvalue weighted by atomic mass is 10.2. The lowest BCUT2D eigenvalue weighted by molar-refractivity contribution is 0.0952. The minimum absolute atomic E-state index is 0.155. The zero-order chi connectivity index (χ0) is 12.5. The molecule has 1 heterocycles. The van der Waals surface area contributed by atoms with Gasteiger partial charge in [-0.15, -0.1) is 0 Å². The second-order valence-electron chi connectivity index (χ2n) is 3.77. The lowest BCUT2D eigenvalue weighted by Gasteiger charge is -2.03. The molecule has 0 aliphatic rings. The minimum Gasteiger partial charge on any atom is -0.452 e. The summed E-state index contributed by atoms with van der Waals surface area (Å²) in [7, 11) is 0. The Hall–Kier alpha value is -0.610. The van der Waals surface area contributed by atoms with Gasteiger partial charge in [0.05, 0.1) is 11.8 Å². The van der Waals surface area contributed by atoms with Gasteiger partial charge in [0, 0.05) is 6.54 Å². The van der Waals surface area contributed by atoms with E-state index in [0.29, 0.717) is 12.1 Å². The molecule has 5 heteroatoms. The van der Waals surface area contributed by atoms with Crippen LogP contribution in [0.15, 0.2) is 16.7 Å². The number of hydrogen-bond donors (Lipinski definition) is 1. The van der Waals surface area contributed by atoms with Gasteiger partial charge in [-0.1, -0.05) is 12.8 Å². The van der Waals surface area contributed by atoms with Gasteiger partial charge in [-0.05, 0) is 42.5 Å². The maximum Gasteiger partial charge on any atom is 0.256 e. The van der Waals surface area contributed by atoms with E-state index in [1.54, 1.807) is 6.07 Å². The molecular formula is C12H18ClNO2S. The van der Waals surface area contributed by atoms with E-state index in [4.69, 9.17) is 16.0 Å². The maximum atomic E-state index is 11.6. The molecular weight excluding hydrogens is 258 g/mol. The molecule has 0 unspecified atom stereocenters. The van der Waals surface area contributed by atoms with E-state index in [0.717, 1.165) is 12.8 Å². The highest BCUT2D eigenvalue weighted by molar-refractivity contribution is 7.98. The number of carbonyl (C=O) groups is 1. The third kappa shape index (κ3) is 5.50. The molecule has 0 saturated heterocycles. The van der Waals surface area contributed by atoms with Crippen LogP contribution in [0.25, 0.3) is 0 Å². The summed E-state index contributed by atoms with van der Waals surface area (Å²) in [5, 5.41) is 2.98. The summed E-state index contributed by atoms with van der Waals surface area (Å²) in [5.74, 6) is 1.06. The molecule has 17 heavy (non-hydrogen) atoms. The summed E-state index contributed by atoms with van der Waals surface area (Å²) in [6, 6.07) is 1.58. The Balaban J connectivity index is 2.07.